The third kappa shape index (κ3) is 4.11. The number of amides is 3. The first-order valence-corrected chi connectivity index (χ1v) is 8.56. The topological polar surface area (TPSA) is 86.5 Å². The Kier molecular flexibility index (Phi) is 5.55. The van der Waals surface area contributed by atoms with Gasteiger partial charge in [-0.3, -0.25) is 4.79 Å². The summed E-state index contributed by atoms with van der Waals surface area (Å²) in [6, 6.07) is 7.97. The molecule has 3 N–H and O–H groups in total. The van der Waals surface area contributed by atoms with Gasteiger partial charge in [0.25, 0.3) is 0 Å². The highest BCUT2D eigenvalue weighted by Gasteiger charge is 2.23. The number of hydrogen-bond acceptors (Lipinski definition) is 3. The maximum absolute atomic E-state index is 12.3. The molecule has 0 bridgehead atoms. The minimum Gasteiger partial charge on any atom is -0.385 e. The van der Waals surface area contributed by atoms with Crippen molar-refractivity contribution in [3.63, 3.8) is 0 Å². The van der Waals surface area contributed by atoms with Crippen LogP contribution in [-0.2, 0) is 22.5 Å². The van der Waals surface area contributed by atoms with Gasteiger partial charge in [0.05, 0.1) is 13.1 Å². The molecule has 3 amide bonds. The van der Waals surface area contributed by atoms with Crippen molar-refractivity contribution < 1.29 is 14.3 Å². The molecular weight excluding hydrogens is 320 g/mol. The van der Waals surface area contributed by atoms with E-state index in [1.165, 1.54) is 10.9 Å². The first-order chi connectivity index (χ1) is 12.2. The third-order valence-corrected chi connectivity index (χ3v) is 4.42. The number of nitrogens with one attached hydrogen (secondary N) is 3. The van der Waals surface area contributed by atoms with E-state index in [1.54, 1.807) is 12.0 Å². The summed E-state index contributed by atoms with van der Waals surface area (Å²) in [6.45, 7) is 2.32. The van der Waals surface area contributed by atoms with Crippen LogP contribution in [0, 0.1) is 0 Å². The number of nitrogens with zero attached hydrogens (tertiary/aromatic N) is 1. The normalized spacial score (nSPS) is 13.6. The fraction of sp³-hybridized carbons (Fsp3) is 0.444. The molecule has 0 saturated carbocycles. The van der Waals surface area contributed by atoms with Crippen molar-refractivity contribution in [1.29, 1.82) is 0 Å². The van der Waals surface area contributed by atoms with Crippen LogP contribution in [0.1, 0.15) is 17.7 Å². The molecule has 25 heavy (non-hydrogen) atoms. The fourth-order valence-electron chi connectivity index (χ4n) is 3.14. The predicted molar refractivity (Wildman–Crippen MR) is 95.3 cm³/mol. The second kappa shape index (κ2) is 8.02. The van der Waals surface area contributed by atoms with Gasteiger partial charge in [-0.1, -0.05) is 18.2 Å². The summed E-state index contributed by atoms with van der Waals surface area (Å²) >= 11 is 0. The number of rotatable bonds is 6. The zero-order chi connectivity index (χ0) is 17.6. The summed E-state index contributed by atoms with van der Waals surface area (Å²) in [6.07, 6.45) is 1.57. The number of fused-ring (bicyclic) bond motifs is 3. The zero-order valence-electron chi connectivity index (χ0n) is 14.4. The Morgan fingerprint density at radius 2 is 2.12 bits per heavy atom. The lowest BCUT2D eigenvalue weighted by Crippen LogP contribution is -2.46. The molecule has 0 fully saturated rings. The maximum atomic E-state index is 12.3. The molecule has 0 radical (unpaired) electrons. The number of benzene rings is 1. The van der Waals surface area contributed by atoms with E-state index < -0.39 is 0 Å². The summed E-state index contributed by atoms with van der Waals surface area (Å²) < 4.78 is 4.92. The highest BCUT2D eigenvalue weighted by atomic mass is 16.5. The molecule has 1 aromatic carbocycles. The molecule has 2 heterocycles. The number of para-hydroxylation sites is 1. The van der Waals surface area contributed by atoms with E-state index in [9.17, 15) is 9.59 Å². The Bertz CT molecular complexity index is 756. The molecule has 1 aliphatic rings. The van der Waals surface area contributed by atoms with Crippen molar-refractivity contribution in [2.45, 2.75) is 19.4 Å². The number of ether oxygens (including phenoxy) is 1. The molecule has 2 aromatic rings. The van der Waals surface area contributed by atoms with Crippen LogP contribution in [0.3, 0.4) is 0 Å². The number of hydrogen-bond donors (Lipinski definition) is 3. The van der Waals surface area contributed by atoms with Crippen molar-refractivity contribution in [2.75, 3.05) is 33.4 Å². The van der Waals surface area contributed by atoms with Crippen molar-refractivity contribution >= 4 is 22.8 Å². The molecule has 0 unspecified atom stereocenters. The smallest absolute Gasteiger partial charge is 0.318 e. The number of H-pyrrole nitrogens is 1. The SMILES string of the molecule is COCCCNC(=O)CNC(=O)N1CCc2c([nH]c3ccccc23)C1. The molecule has 0 saturated heterocycles. The zero-order valence-corrected chi connectivity index (χ0v) is 14.4. The van der Waals surface area contributed by atoms with Crippen molar-refractivity contribution in [1.82, 2.24) is 20.5 Å². The minimum absolute atomic E-state index is 0.0120. The van der Waals surface area contributed by atoms with Gasteiger partial charge in [-0.15, -0.1) is 0 Å². The lowest BCUT2D eigenvalue weighted by molar-refractivity contribution is -0.120. The predicted octanol–water partition coefficient (Wildman–Crippen LogP) is 1.39. The summed E-state index contributed by atoms with van der Waals surface area (Å²) in [5, 5.41) is 6.67. The van der Waals surface area contributed by atoms with Crippen molar-refractivity contribution in [2.24, 2.45) is 0 Å². The van der Waals surface area contributed by atoms with E-state index in [2.05, 4.69) is 21.7 Å². The molecule has 0 atom stereocenters. The van der Waals surface area contributed by atoms with Crippen LogP contribution in [0.4, 0.5) is 4.79 Å². The highest BCUT2D eigenvalue weighted by molar-refractivity contribution is 5.86. The summed E-state index contributed by atoms with van der Waals surface area (Å²) in [7, 11) is 1.62. The van der Waals surface area contributed by atoms with Gasteiger partial charge in [-0.25, -0.2) is 4.79 Å². The lowest BCUT2D eigenvalue weighted by Gasteiger charge is -2.27. The van der Waals surface area contributed by atoms with Gasteiger partial charge >= 0.3 is 6.03 Å². The Morgan fingerprint density at radius 1 is 1.28 bits per heavy atom. The second-order valence-corrected chi connectivity index (χ2v) is 6.15. The van der Waals surface area contributed by atoms with Gasteiger partial charge in [-0.05, 0) is 24.5 Å². The van der Waals surface area contributed by atoms with E-state index >= 15 is 0 Å². The first-order valence-electron chi connectivity index (χ1n) is 8.56. The molecule has 0 spiro atoms. The Morgan fingerprint density at radius 3 is 2.96 bits per heavy atom. The monoisotopic (exact) mass is 344 g/mol. The van der Waals surface area contributed by atoms with Crippen LogP contribution < -0.4 is 10.6 Å². The maximum Gasteiger partial charge on any atom is 0.318 e. The van der Waals surface area contributed by atoms with Gasteiger partial charge in [0, 0.05) is 43.4 Å². The second-order valence-electron chi connectivity index (χ2n) is 6.15. The van der Waals surface area contributed by atoms with Crippen LogP contribution in [0.15, 0.2) is 24.3 Å². The summed E-state index contributed by atoms with van der Waals surface area (Å²) in [5.41, 5.74) is 3.47. The lowest BCUT2D eigenvalue weighted by atomic mass is 10.0. The van der Waals surface area contributed by atoms with E-state index in [0.717, 1.165) is 24.1 Å². The number of methoxy groups -OCH3 is 1. The molecule has 134 valence electrons. The van der Waals surface area contributed by atoms with Crippen molar-refractivity contribution in [3.05, 3.63) is 35.5 Å². The van der Waals surface area contributed by atoms with Crippen LogP contribution in [0.5, 0.6) is 0 Å². The Balaban J connectivity index is 1.50. The van der Waals surface area contributed by atoms with Crippen LogP contribution in [0.2, 0.25) is 0 Å². The molecule has 0 aliphatic carbocycles. The van der Waals surface area contributed by atoms with E-state index in [-0.39, 0.29) is 18.5 Å². The van der Waals surface area contributed by atoms with E-state index in [0.29, 0.717) is 26.2 Å². The quantitative estimate of drug-likeness (QED) is 0.692. The fourth-order valence-corrected chi connectivity index (χ4v) is 3.14. The van der Waals surface area contributed by atoms with Crippen LogP contribution >= 0.6 is 0 Å². The number of urea groups is 1. The molecular formula is C18H24N4O3. The molecule has 7 nitrogen and oxygen atoms in total. The van der Waals surface area contributed by atoms with Gasteiger partial charge in [0.1, 0.15) is 0 Å². The van der Waals surface area contributed by atoms with E-state index in [1.807, 2.05) is 18.2 Å². The number of aromatic amines is 1. The number of aromatic nitrogens is 1. The summed E-state index contributed by atoms with van der Waals surface area (Å²) in [5.74, 6) is -0.187. The largest absolute Gasteiger partial charge is 0.385 e. The highest BCUT2D eigenvalue weighted by Crippen LogP contribution is 2.27. The minimum atomic E-state index is -0.212. The number of carbonyl (C=O) groups is 2. The molecule has 1 aromatic heterocycles. The Labute approximate surface area is 146 Å². The standard InChI is InChI=1S/C18H24N4O3/c1-25-10-4-8-19-17(23)11-20-18(24)22-9-7-14-13-5-2-3-6-15(13)21-16(14)12-22/h2-3,5-6,21H,4,7-12H2,1H3,(H,19,23)(H,20,24). The van der Waals surface area contributed by atoms with Gasteiger partial charge in [-0.2, -0.15) is 0 Å². The molecule has 7 heteroatoms. The summed E-state index contributed by atoms with van der Waals surface area (Å²) in [4.78, 5) is 29.1. The van der Waals surface area contributed by atoms with Gasteiger partial charge in [0.15, 0.2) is 0 Å². The molecule has 3 rings (SSSR count). The molecule has 1 aliphatic heterocycles. The van der Waals surface area contributed by atoms with E-state index in [4.69, 9.17) is 4.74 Å². The average Bonchev–Trinajstić information content (AvgIpc) is 3.01. The first kappa shape index (κ1) is 17.3. The third-order valence-electron chi connectivity index (χ3n) is 4.42. The van der Waals surface area contributed by atoms with Crippen molar-refractivity contribution in [3.8, 4) is 0 Å². The van der Waals surface area contributed by atoms with Gasteiger partial charge in [0.2, 0.25) is 5.91 Å². The van der Waals surface area contributed by atoms with Crippen LogP contribution in [-0.4, -0.2) is 55.2 Å². The van der Waals surface area contributed by atoms with Gasteiger partial charge < -0.3 is 25.3 Å². The van der Waals surface area contributed by atoms with Crippen LogP contribution in [0.25, 0.3) is 10.9 Å². The average molecular weight is 344 g/mol. The Hall–Kier alpha value is -2.54. The number of carbonyl (C=O) groups excluding carboxylic acids is 2.